The number of anilines is 10. The third-order valence-corrected chi connectivity index (χ3v) is 11.2. The quantitative estimate of drug-likeness (QED) is 0.0710. The van der Waals surface area contributed by atoms with E-state index in [1.807, 2.05) is 133 Å². The summed E-state index contributed by atoms with van der Waals surface area (Å²) in [5, 5.41) is 28.4. The van der Waals surface area contributed by atoms with E-state index in [1.165, 1.54) is 12.1 Å². The van der Waals surface area contributed by atoms with Crippen LogP contribution in [-0.2, 0) is 13.1 Å². The van der Waals surface area contributed by atoms with Crippen LogP contribution in [0.3, 0.4) is 0 Å². The molecule has 66 heavy (non-hydrogen) atoms. The number of benzene rings is 5. The van der Waals surface area contributed by atoms with Crippen molar-refractivity contribution in [2.75, 3.05) is 31.5 Å². The van der Waals surface area contributed by atoms with Crippen molar-refractivity contribution >= 4 is 73.7 Å². The number of rotatable bonds is 13. The van der Waals surface area contributed by atoms with Crippen molar-refractivity contribution in [3.63, 3.8) is 0 Å². The van der Waals surface area contributed by atoms with E-state index in [9.17, 15) is 14.4 Å². The van der Waals surface area contributed by atoms with Gasteiger partial charge in [-0.25, -0.2) is 4.39 Å². The van der Waals surface area contributed by atoms with Crippen molar-refractivity contribution in [1.82, 2.24) is 15.0 Å². The van der Waals surface area contributed by atoms with E-state index in [-0.39, 0.29) is 11.7 Å². The average molecular weight is 867 g/mol. The van der Waals surface area contributed by atoms with E-state index in [1.54, 1.807) is 41.8 Å². The van der Waals surface area contributed by atoms with Crippen molar-refractivity contribution in [2.24, 2.45) is 0 Å². The minimum atomic E-state index is -0.312. The molecule has 1 amide bonds. The van der Waals surface area contributed by atoms with Gasteiger partial charge in [0.15, 0.2) is 12.3 Å². The van der Waals surface area contributed by atoms with Gasteiger partial charge < -0.3 is 31.5 Å². The van der Waals surface area contributed by atoms with E-state index in [0.717, 1.165) is 73.7 Å². The Hall–Kier alpha value is -9.15. The molecule has 12 nitrogen and oxygen atoms in total. The van der Waals surface area contributed by atoms with E-state index in [4.69, 9.17) is 0 Å². The first-order valence-electron chi connectivity index (χ1n) is 21.2. The number of hydrogen-bond acceptors (Lipinski definition) is 10. The van der Waals surface area contributed by atoms with Gasteiger partial charge in [-0.2, -0.15) is 5.26 Å². The number of halogens is 1. The molecule has 10 rings (SSSR count). The van der Waals surface area contributed by atoms with Gasteiger partial charge in [-0.15, -0.1) is 4.57 Å². The predicted octanol–water partition coefficient (Wildman–Crippen LogP) is 11.4. The Morgan fingerprint density at radius 2 is 1.42 bits per heavy atom. The minimum absolute atomic E-state index is 0.0595. The van der Waals surface area contributed by atoms with Gasteiger partial charge in [0, 0.05) is 99.4 Å². The fraction of sp³-hybridized carbons (Fsp3) is 0.0566. The highest BCUT2D eigenvalue weighted by molar-refractivity contribution is 6.10. The molecule has 0 bridgehead atoms. The molecule has 0 aliphatic carbocycles. The molecule has 13 heteroatoms. The number of nitrogens with zero attached hydrogens (tertiary/aromatic N) is 6. The second-order valence-electron chi connectivity index (χ2n) is 15.8. The molecule has 320 valence electrons. The minimum Gasteiger partial charge on any atom is -0.381 e. The zero-order valence-electron chi connectivity index (χ0n) is 35.6. The van der Waals surface area contributed by atoms with Crippen molar-refractivity contribution < 1.29 is 13.8 Å². The molecule has 0 unspecified atom stereocenters. The summed E-state index contributed by atoms with van der Waals surface area (Å²) < 4.78 is 15.9. The second kappa shape index (κ2) is 17.9. The third-order valence-electron chi connectivity index (χ3n) is 11.2. The number of aromatic nitrogens is 4. The Balaban J connectivity index is 0.814. The van der Waals surface area contributed by atoms with E-state index < -0.39 is 0 Å². The second-order valence-corrected chi connectivity index (χ2v) is 15.8. The van der Waals surface area contributed by atoms with Gasteiger partial charge in [0.05, 0.1) is 17.7 Å². The molecule has 1 aliphatic heterocycles. The average Bonchev–Trinajstić information content (AvgIpc) is 3.67. The van der Waals surface area contributed by atoms with Crippen molar-refractivity contribution in [3.05, 3.63) is 210 Å². The topological polar surface area (TPSA) is 147 Å². The van der Waals surface area contributed by atoms with E-state index >= 15 is 0 Å². The van der Waals surface area contributed by atoms with Gasteiger partial charge in [0.1, 0.15) is 17.7 Å². The molecule has 5 aromatic carbocycles. The Morgan fingerprint density at radius 1 is 0.682 bits per heavy atom. The van der Waals surface area contributed by atoms with Crippen LogP contribution in [0.1, 0.15) is 32.9 Å². The van der Waals surface area contributed by atoms with E-state index in [2.05, 4.69) is 53.7 Å². The number of carbonyl (C=O) groups is 1. The summed E-state index contributed by atoms with van der Waals surface area (Å²) >= 11 is 0. The number of aryl methyl sites for hydroxylation is 1. The van der Waals surface area contributed by atoms with E-state index in [0.29, 0.717) is 40.9 Å². The van der Waals surface area contributed by atoms with Crippen LogP contribution in [0.25, 0.3) is 16.6 Å². The maximum atomic E-state index is 14.1. The highest BCUT2D eigenvalue weighted by Crippen LogP contribution is 2.34. The Bertz CT molecular complexity index is 3340. The lowest BCUT2D eigenvalue weighted by atomic mass is 10.1. The smallest absolute Gasteiger partial charge is 0.291 e. The summed E-state index contributed by atoms with van der Waals surface area (Å²) in [5.74, 6) is -0.372. The summed E-state index contributed by atoms with van der Waals surface area (Å²) in [7, 11) is 0. The van der Waals surface area contributed by atoms with Gasteiger partial charge >= 0.3 is 0 Å². The Labute approximate surface area is 380 Å². The lowest BCUT2D eigenvalue weighted by Gasteiger charge is -2.17. The number of nitrogens with one attached hydrogen (secondary N) is 5. The van der Waals surface area contributed by atoms with Crippen molar-refractivity contribution in [1.29, 1.82) is 5.26 Å². The highest BCUT2D eigenvalue weighted by Gasteiger charge is 2.29. The van der Waals surface area contributed by atoms with Crippen LogP contribution >= 0.6 is 0 Å². The first-order chi connectivity index (χ1) is 32.3. The van der Waals surface area contributed by atoms with Crippen LogP contribution in [0.4, 0.5) is 61.3 Å². The summed E-state index contributed by atoms with van der Waals surface area (Å²) in [6.45, 7) is 2.91. The standard InChI is InChI=1S/C53H40FN11O/c1-34-23-51(63-43-12-13-47-36(25-43)33-65(53(47)66)45-10-4-9-42(28-45)60-38-15-19-56-20-16-38)52(32-58-34)64-22-18-44(29-46(64)30-55)61-41-8-3-6-39(27-41)59-31-35-5-2-7-40(24-35)62-50-17-21-57-49-14-11-37(54)26-48(49)50/h2-29,32,59H,31,33H2,1H3,(H3,56,57,58,60,62,63,66)/p+1. The van der Waals surface area contributed by atoms with Crippen LogP contribution in [0.15, 0.2) is 177 Å². The van der Waals surface area contributed by atoms with Crippen LogP contribution in [-0.4, -0.2) is 20.9 Å². The molecule has 1 aliphatic rings. The third kappa shape index (κ3) is 8.88. The highest BCUT2D eigenvalue weighted by atomic mass is 19.1. The van der Waals surface area contributed by atoms with Gasteiger partial charge in [0.25, 0.3) is 17.3 Å². The van der Waals surface area contributed by atoms with Gasteiger partial charge in [0.2, 0.25) is 0 Å². The molecule has 4 aromatic heterocycles. The fourth-order valence-electron chi connectivity index (χ4n) is 8.05. The predicted molar refractivity (Wildman–Crippen MR) is 258 cm³/mol. The van der Waals surface area contributed by atoms with Crippen LogP contribution in [0.5, 0.6) is 0 Å². The SMILES string of the molecule is Cc1cc(Nc2ccc3c(c2)CN(c2cccc(Nc4ccncc4)c2)C3=O)c(-[n+]2ccc(Nc3cccc(NCc4cccc(Nc5ccnc6ccc(F)cc56)c4)c3)cc2C#N)cn1. The van der Waals surface area contributed by atoms with Crippen LogP contribution in [0, 0.1) is 24.1 Å². The van der Waals surface area contributed by atoms with Crippen LogP contribution in [0.2, 0.25) is 0 Å². The molecular weight excluding hydrogens is 826 g/mol. The molecule has 0 radical (unpaired) electrons. The van der Waals surface area contributed by atoms with Crippen LogP contribution < -0.4 is 36.1 Å². The number of fused-ring (bicyclic) bond motifs is 2. The fourth-order valence-corrected chi connectivity index (χ4v) is 8.05. The maximum absolute atomic E-state index is 14.1. The number of hydrogen-bond donors (Lipinski definition) is 5. The monoisotopic (exact) mass is 866 g/mol. The molecule has 0 fully saturated rings. The summed E-state index contributed by atoms with van der Waals surface area (Å²) in [4.78, 5) is 28.4. The number of nitriles is 1. The van der Waals surface area contributed by atoms with Crippen molar-refractivity contribution in [3.8, 4) is 11.8 Å². The zero-order chi connectivity index (χ0) is 45.0. The molecule has 5 heterocycles. The molecule has 9 aromatic rings. The zero-order valence-corrected chi connectivity index (χ0v) is 35.6. The molecule has 0 spiro atoms. The first kappa shape index (κ1) is 40.9. The summed E-state index contributed by atoms with van der Waals surface area (Å²) in [6.07, 6.45) is 8.77. The Morgan fingerprint density at radius 3 is 2.29 bits per heavy atom. The maximum Gasteiger partial charge on any atom is 0.291 e. The molecule has 0 atom stereocenters. The normalized spacial score (nSPS) is 11.8. The molecule has 0 saturated carbocycles. The first-order valence-corrected chi connectivity index (χ1v) is 21.2. The largest absolute Gasteiger partial charge is 0.381 e. The molecule has 0 saturated heterocycles. The summed E-state index contributed by atoms with van der Waals surface area (Å²) in [6, 6.07) is 47.8. The van der Waals surface area contributed by atoms with Crippen molar-refractivity contribution in [2.45, 2.75) is 20.0 Å². The van der Waals surface area contributed by atoms with Gasteiger partial charge in [-0.3, -0.25) is 19.7 Å². The summed E-state index contributed by atoms with van der Waals surface area (Å²) in [5.41, 5.74) is 13.5. The van der Waals surface area contributed by atoms with Gasteiger partial charge in [-0.1, -0.05) is 24.3 Å². The number of amides is 1. The molecular formula is C53H41FN11O+. The lowest BCUT2D eigenvalue weighted by Crippen LogP contribution is -2.35. The number of carbonyl (C=O) groups excluding carboxylic acids is 1. The Kier molecular flexibility index (Phi) is 11.1. The number of pyridine rings is 4. The lowest BCUT2D eigenvalue weighted by molar-refractivity contribution is -0.597. The molecule has 5 N–H and O–H groups in total. The van der Waals surface area contributed by atoms with Gasteiger partial charge in [-0.05, 0) is 127 Å².